The van der Waals surface area contributed by atoms with Gasteiger partial charge < -0.3 is 20.3 Å². The number of ether oxygens (including phenoxy) is 1. The van der Waals surface area contributed by atoms with E-state index in [1.54, 1.807) is 12.1 Å². The SMILES string of the molecule is Cc1cc(O)c(CC(NC(=O)OCC2c3ccccc3-c3ccccc32)C(=O)O)cc1I. The molecule has 4 rings (SSSR count). The molecule has 1 unspecified atom stereocenters. The van der Waals surface area contributed by atoms with Gasteiger partial charge in [0.15, 0.2) is 0 Å². The predicted molar refractivity (Wildman–Crippen MR) is 129 cm³/mol. The van der Waals surface area contributed by atoms with Gasteiger partial charge in [0.1, 0.15) is 18.4 Å². The van der Waals surface area contributed by atoms with Crippen LogP contribution in [0.5, 0.6) is 5.75 Å². The van der Waals surface area contributed by atoms with Gasteiger partial charge in [0.2, 0.25) is 0 Å². The molecule has 0 spiro atoms. The van der Waals surface area contributed by atoms with Gasteiger partial charge in [0, 0.05) is 15.9 Å². The summed E-state index contributed by atoms with van der Waals surface area (Å²) in [6.45, 7) is 1.95. The molecular weight excluding hydrogens is 521 g/mol. The lowest BCUT2D eigenvalue weighted by Gasteiger charge is -2.18. The second kappa shape index (κ2) is 9.20. The number of benzene rings is 3. The standard InChI is InChI=1S/C25H22INO5/c1-14-10-23(28)15(11-21(14)26)12-22(24(29)30)27-25(31)32-13-20-18-8-4-2-6-16(18)17-7-3-5-9-19(17)20/h2-11,20,22,28H,12-13H2,1H3,(H,27,31)(H,29,30). The summed E-state index contributed by atoms with van der Waals surface area (Å²) in [5, 5.41) is 22.2. The first kappa shape index (κ1) is 22.1. The highest BCUT2D eigenvalue weighted by Gasteiger charge is 2.30. The fourth-order valence-corrected chi connectivity index (χ4v) is 4.60. The van der Waals surface area contributed by atoms with Gasteiger partial charge in [-0.1, -0.05) is 48.5 Å². The second-order valence-electron chi connectivity index (χ2n) is 7.79. The molecule has 0 aliphatic heterocycles. The summed E-state index contributed by atoms with van der Waals surface area (Å²) in [6.07, 6.45) is -0.859. The number of fused-ring (bicyclic) bond motifs is 3. The minimum absolute atomic E-state index is 0.00324. The smallest absolute Gasteiger partial charge is 0.407 e. The molecule has 3 aromatic carbocycles. The summed E-state index contributed by atoms with van der Waals surface area (Å²) in [7, 11) is 0. The maximum absolute atomic E-state index is 12.5. The first-order valence-corrected chi connectivity index (χ1v) is 11.3. The van der Waals surface area contributed by atoms with E-state index in [9.17, 15) is 19.8 Å². The molecule has 7 heteroatoms. The molecule has 32 heavy (non-hydrogen) atoms. The number of nitrogens with one attached hydrogen (secondary N) is 1. The van der Waals surface area contributed by atoms with Gasteiger partial charge in [-0.15, -0.1) is 0 Å². The molecule has 6 nitrogen and oxygen atoms in total. The lowest BCUT2D eigenvalue weighted by atomic mass is 9.98. The number of phenolic OH excluding ortho intramolecular Hbond substituents is 1. The molecule has 164 valence electrons. The number of aromatic hydroxyl groups is 1. The van der Waals surface area contributed by atoms with Gasteiger partial charge in [0.25, 0.3) is 0 Å². The summed E-state index contributed by atoms with van der Waals surface area (Å²) in [4.78, 5) is 24.2. The molecule has 3 N–H and O–H groups in total. The van der Waals surface area contributed by atoms with E-state index in [1.165, 1.54) is 0 Å². The number of carbonyl (C=O) groups is 2. The molecule has 0 saturated heterocycles. The minimum atomic E-state index is -1.23. The van der Waals surface area contributed by atoms with Crippen molar-refractivity contribution in [3.05, 3.63) is 86.5 Å². The second-order valence-corrected chi connectivity index (χ2v) is 8.96. The van der Waals surface area contributed by atoms with Crippen LogP contribution in [0.4, 0.5) is 4.79 Å². The number of aryl methyl sites for hydroxylation is 1. The van der Waals surface area contributed by atoms with Gasteiger partial charge >= 0.3 is 12.1 Å². The Balaban J connectivity index is 1.45. The van der Waals surface area contributed by atoms with Gasteiger partial charge in [-0.2, -0.15) is 0 Å². The zero-order valence-corrected chi connectivity index (χ0v) is 19.5. The van der Waals surface area contributed by atoms with E-state index in [-0.39, 0.29) is 24.7 Å². The first-order valence-electron chi connectivity index (χ1n) is 10.2. The molecule has 1 atom stereocenters. The van der Waals surface area contributed by atoms with Crippen LogP contribution in [0, 0.1) is 10.5 Å². The molecule has 1 aliphatic carbocycles. The number of aliphatic carboxylic acids is 1. The number of rotatable bonds is 6. The van der Waals surface area contributed by atoms with E-state index < -0.39 is 18.1 Å². The van der Waals surface area contributed by atoms with Crippen molar-refractivity contribution in [1.82, 2.24) is 5.32 Å². The van der Waals surface area contributed by atoms with Crippen LogP contribution in [0.15, 0.2) is 60.7 Å². The van der Waals surface area contributed by atoms with E-state index in [0.29, 0.717) is 5.56 Å². The van der Waals surface area contributed by atoms with Crippen LogP contribution < -0.4 is 5.32 Å². The van der Waals surface area contributed by atoms with Gasteiger partial charge in [-0.25, -0.2) is 9.59 Å². The van der Waals surface area contributed by atoms with Crippen molar-refractivity contribution in [1.29, 1.82) is 0 Å². The van der Waals surface area contributed by atoms with Crippen LogP contribution >= 0.6 is 22.6 Å². The van der Waals surface area contributed by atoms with Crippen LogP contribution in [0.2, 0.25) is 0 Å². The van der Waals surface area contributed by atoms with Gasteiger partial charge in [-0.05, 0) is 75.0 Å². The monoisotopic (exact) mass is 543 g/mol. The minimum Gasteiger partial charge on any atom is -0.508 e. The topological polar surface area (TPSA) is 95.9 Å². The number of halogens is 1. The van der Waals surface area contributed by atoms with Crippen molar-refractivity contribution in [3.63, 3.8) is 0 Å². The largest absolute Gasteiger partial charge is 0.508 e. The highest BCUT2D eigenvalue weighted by Crippen LogP contribution is 2.44. The average molecular weight is 543 g/mol. The zero-order chi connectivity index (χ0) is 22.8. The quantitative estimate of drug-likeness (QED) is 0.387. The van der Waals surface area contributed by atoms with E-state index in [0.717, 1.165) is 31.4 Å². The highest BCUT2D eigenvalue weighted by molar-refractivity contribution is 14.1. The third kappa shape index (κ3) is 4.43. The molecular formula is C25H22INO5. The van der Waals surface area contributed by atoms with Crippen molar-refractivity contribution in [2.45, 2.75) is 25.3 Å². The number of hydrogen-bond donors (Lipinski definition) is 3. The molecule has 0 aromatic heterocycles. The third-order valence-electron chi connectivity index (χ3n) is 5.72. The maximum atomic E-state index is 12.5. The Hall–Kier alpha value is -3.07. The number of hydrogen-bond acceptors (Lipinski definition) is 4. The lowest BCUT2D eigenvalue weighted by molar-refractivity contribution is -0.139. The molecule has 3 aromatic rings. The summed E-state index contributed by atoms with van der Waals surface area (Å²) >= 11 is 2.12. The Morgan fingerprint density at radius 2 is 1.66 bits per heavy atom. The fraction of sp³-hybridized carbons (Fsp3) is 0.200. The average Bonchev–Trinajstić information content (AvgIpc) is 3.09. The number of carboxylic acids is 1. The van der Waals surface area contributed by atoms with Crippen LogP contribution in [0.25, 0.3) is 11.1 Å². The van der Waals surface area contributed by atoms with E-state index in [1.807, 2.05) is 55.5 Å². The van der Waals surface area contributed by atoms with Crippen molar-refractivity contribution in [2.75, 3.05) is 6.61 Å². The number of amides is 1. The molecule has 0 heterocycles. The third-order valence-corrected chi connectivity index (χ3v) is 6.88. The summed E-state index contributed by atoms with van der Waals surface area (Å²) < 4.78 is 6.36. The van der Waals surface area contributed by atoms with E-state index in [2.05, 4.69) is 27.9 Å². The van der Waals surface area contributed by atoms with Crippen LogP contribution in [0.3, 0.4) is 0 Å². The van der Waals surface area contributed by atoms with Gasteiger partial charge in [-0.3, -0.25) is 0 Å². The Labute approximate surface area is 199 Å². The van der Waals surface area contributed by atoms with Crippen LogP contribution in [-0.4, -0.2) is 34.9 Å². The first-order chi connectivity index (χ1) is 15.3. The molecule has 0 radical (unpaired) electrons. The number of carbonyl (C=O) groups excluding carboxylic acids is 1. The Kier molecular flexibility index (Phi) is 6.36. The molecule has 1 amide bonds. The van der Waals surface area contributed by atoms with Crippen molar-refractivity contribution < 1.29 is 24.5 Å². The fourth-order valence-electron chi connectivity index (χ4n) is 4.07. The molecule has 0 fully saturated rings. The summed E-state index contributed by atoms with van der Waals surface area (Å²) in [5.74, 6) is -1.31. The van der Waals surface area contributed by atoms with Crippen molar-refractivity contribution >= 4 is 34.7 Å². The Morgan fingerprint density at radius 3 is 2.25 bits per heavy atom. The number of carboxylic acid groups (broad SMARTS) is 1. The lowest BCUT2D eigenvalue weighted by Crippen LogP contribution is -2.43. The van der Waals surface area contributed by atoms with E-state index in [4.69, 9.17) is 4.74 Å². The highest BCUT2D eigenvalue weighted by atomic mass is 127. The Morgan fingerprint density at radius 1 is 1.06 bits per heavy atom. The van der Waals surface area contributed by atoms with Crippen molar-refractivity contribution in [2.24, 2.45) is 0 Å². The summed E-state index contributed by atoms with van der Waals surface area (Å²) in [5.41, 5.74) is 5.73. The normalized spacial score (nSPS) is 13.2. The maximum Gasteiger partial charge on any atom is 0.407 e. The summed E-state index contributed by atoms with van der Waals surface area (Å²) in [6, 6.07) is 18.1. The molecule has 0 saturated carbocycles. The zero-order valence-electron chi connectivity index (χ0n) is 17.3. The molecule has 0 bridgehead atoms. The van der Waals surface area contributed by atoms with Crippen molar-refractivity contribution in [3.8, 4) is 16.9 Å². The van der Waals surface area contributed by atoms with E-state index >= 15 is 0 Å². The van der Waals surface area contributed by atoms with Crippen LogP contribution in [-0.2, 0) is 16.0 Å². The predicted octanol–water partition coefficient (Wildman–Crippen LogP) is 4.84. The Bertz CT molecular complexity index is 1150. The number of phenols is 1. The molecule has 1 aliphatic rings. The number of alkyl carbamates (subject to hydrolysis) is 1. The van der Waals surface area contributed by atoms with Crippen LogP contribution in [0.1, 0.15) is 28.2 Å². The van der Waals surface area contributed by atoms with Gasteiger partial charge in [0.05, 0.1) is 0 Å².